The van der Waals surface area contributed by atoms with E-state index in [4.69, 9.17) is 10.1 Å². The van der Waals surface area contributed by atoms with Gasteiger partial charge in [0.2, 0.25) is 0 Å². The quantitative estimate of drug-likeness (QED) is 0.552. The molecule has 0 bridgehead atoms. The molecule has 0 unspecified atom stereocenters. The molecule has 0 aromatic heterocycles. The number of piperidine rings is 1. The van der Waals surface area contributed by atoms with Gasteiger partial charge in [-0.1, -0.05) is 0 Å². The molecule has 0 amide bonds. The van der Waals surface area contributed by atoms with Crippen LogP contribution in [0.3, 0.4) is 0 Å². The van der Waals surface area contributed by atoms with Gasteiger partial charge >= 0.3 is 0 Å². The van der Waals surface area contributed by atoms with Gasteiger partial charge < -0.3 is 9.64 Å². The largest absolute Gasteiger partial charge is 0.378 e. The standard InChI is InChI=1S/C11H20N2O/c1-2-14-10-5-7-13(8-6-10)11(12)9-3-4-9/h9-10,12H,2-8H2,1H3. The van der Waals surface area contributed by atoms with Gasteiger partial charge in [0.15, 0.2) is 0 Å². The number of nitrogens with zero attached hydrogens (tertiary/aromatic N) is 1. The van der Waals surface area contributed by atoms with E-state index in [0.717, 1.165) is 38.4 Å². The fourth-order valence-corrected chi connectivity index (χ4v) is 2.11. The molecule has 1 saturated heterocycles. The lowest BCUT2D eigenvalue weighted by Gasteiger charge is -2.33. The van der Waals surface area contributed by atoms with Crippen LogP contribution in [0.1, 0.15) is 32.6 Å². The Bertz CT molecular complexity index is 205. The van der Waals surface area contributed by atoms with Crippen molar-refractivity contribution in [2.24, 2.45) is 5.92 Å². The molecule has 1 N–H and O–H groups in total. The SMILES string of the molecule is CCOC1CCN(C(=N)C2CC2)CC1. The van der Waals surface area contributed by atoms with Crippen molar-refractivity contribution >= 4 is 5.84 Å². The van der Waals surface area contributed by atoms with Crippen molar-refractivity contribution in [3.8, 4) is 0 Å². The Morgan fingerprint density at radius 2 is 1.93 bits per heavy atom. The molecule has 3 nitrogen and oxygen atoms in total. The number of rotatable bonds is 3. The van der Waals surface area contributed by atoms with E-state index in [1.165, 1.54) is 12.8 Å². The highest BCUT2D eigenvalue weighted by atomic mass is 16.5. The molecule has 1 heterocycles. The normalized spacial score (nSPS) is 23.9. The summed E-state index contributed by atoms with van der Waals surface area (Å²) in [5.41, 5.74) is 0. The summed E-state index contributed by atoms with van der Waals surface area (Å²) >= 11 is 0. The average molecular weight is 196 g/mol. The topological polar surface area (TPSA) is 36.3 Å². The lowest BCUT2D eigenvalue weighted by atomic mass is 10.1. The van der Waals surface area contributed by atoms with E-state index in [1.807, 2.05) is 0 Å². The molecule has 2 aliphatic rings. The van der Waals surface area contributed by atoms with Gasteiger partial charge in [-0.15, -0.1) is 0 Å². The molecule has 0 aromatic rings. The summed E-state index contributed by atoms with van der Waals surface area (Å²) in [6, 6.07) is 0. The van der Waals surface area contributed by atoms with Crippen molar-refractivity contribution in [3.63, 3.8) is 0 Å². The molecule has 0 radical (unpaired) electrons. The van der Waals surface area contributed by atoms with Crippen molar-refractivity contribution in [3.05, 3.63) is 0 Å². The maximum absolute atomic E-state index is 7.95. The predicted molar refractivity (Wildman–Crippen MR) is 56.7 cm³/mol. The third kappa shape index (κ3) is 2.27. The molecule has 3 heteroatoms. The number of hydrogen-bond donors (Lipinski definition) is 1. The second-order valence-corrected chi connectivity index (χ2v) is 4.30. The maximum atomic E-state index is 7.95. The van der Waals surface area contributed by atoms with Gasteiger partial charge in [-0.05, 0) is 32.6 Å². The van der Waals surface area contributed by atoms with E-state index in [2.05, 4.69) is 11.8 Å². The Morgan fingerprint density at radius 1 is 1.29 bits per heavy atom. The number of nitrogens with one attached hydrogen (secondary N) is 1. The fourth-order valence-electron chi connectivity index (χ4n) is 2.11. The number of likely N-dealkylation sites (tertiary alicyclic amines) is 1. The van der Waals surface area contributed by atoms with Crippen molar-refractivity contribution < 1.29 is 4.74 Å². The van der Waals surface area contributed by atoms with Crippen molar-refractivity contribution in [1.29, 1.82) is 5.41 Å². The maximum Gasteiger partial charge on any atom is 0.0989 e. The lowest BCUT2D eigenvalue weighted by molar-refractivity contribution is 0.0264. The summed E-state index contributed by atoms with van der Waals surface area (Å²) < 4.78 is 5.59. The van der Waals surface area contributed by atoms with Crippen LogP contribution in [0, 0.1) is 11.3 Å². The summed E-state index contributed by atoms with van der Waals surface area (Å²) in [7, 11) is 0. The van der Waals surface area contributed by atoms with E-state index in [9.17, 15) is 0 Å². The zero-order valence-electron chi connectivity index (χ0n) is 8.96. The van der Waals surface area contributed by atoms with Crippen LogP contribution in [-0.2, 0) is 4.74 Å². The van der Waals surface area contributed by atoms with Crippen LogP contribution in [0.25, 0.3) is 0 Å². The van der Waals surface area contributed by atoms with Crippen LogP contribution in [0.4, 0.5) is 0 Å². The molecule has 2 fully saturated rings. The number of ether oxygens (including phenoxy) is 1. The Balaban J connectivity index is 1.74. The first-order valence-corrected chi connectivity index (χ1v) is 5.76. The Morgan fingerprint density at radius 3 is 2.43 bits per heavy atom. The summed E-state index contributed by atoms with van der Waals surface area (Å²) in [5, 5.41) is 7.95. The van der Waals surface area contributed by atoms with Gasteiger partial charge in [0, 0.05) is 25.6 Å². The van der Waals surface area contributed by atoms with E-state index in [-0.39, 0.29) is 0 Å². The minimum atomic E-state index is 0.447. The first-order chi connectivity index (χ1) is 6.81. The first-order valence-electron chi connectivity index (χ1n) is 5.76. The fraction of sp³-hybridized carbons (Fsp3) is 0.909. The van der Waals surface area contributed by atoms with Gasteiger partial charge in [-0.2, -0.15) is 0 Å². The van der Waals surface area contributed by atoms with Gasteiger partial charge in [-0.3, -0.25) is 5.41 Å². The van der Waals surface area contributed by atoms with Crippen molar-refractivity contribution in [2.45, 2.75) is 38.7 Å². The minimum absolute atomic E-state index is 0.447. The van der Waals surface area contributed by atoms with Crippen LogP contribution in [0.15, 0.2) is 0 Å². The third-order valence-corrected chi connectivity index (χ3v) is 3.15. The van der Waals surface area contributed by atoms with E-state index in [0.29, 0.717) is 12.0 Å². The Labute approximate surface area is 85.9 Å². The average Bonchev–Trinajstić information content (AvgIpc) is 3.02. The minimum Gasteiger partial charge on any atom is -0.378 e. The number of amidine groups is 1. The Hall–Kier alpha value is -0.570. The van der Waals surface area contributed by atoms with Gasteiger partial charge in [0.05, 0.1) is 11.9 Å². The molecule has 1 aliphatic heterocycles. The molecule has 1 aliphatic carbocycles. The second-order valence-electron chi connectivity index (χ2n) is 4.30. The van der Waals surface area contributed by atoms with Crippen LogP contribution in [0.5, 0.6) is 0 Å². The molecule has 14 heavy (non-hydrogen) atoms. The van der Waals surface area contributed by atoms with E-state index >= 15 is 0 Å². The highest BCUT2D eigenvalue weighted by molar-refractivity contribution is 5.83. The first kappa shape index (κ1) is 9.97. The molecular formula is C11H20N2O. The van der Waals surface area contributed by atoms with Crippen LogP contribution in [0.2, 0.25) is 0 Å². The van der Waals surface area contributed by atoms with E-state index in [1.54, 1.807) is 0 Å². The molecule has 0 atom stereocenters. The monoisotopic (exact) mass is 196 g/mol. The molecule has 2 rings (SSSR count). The summed E-state index contributed by atoms with van der Waals surface area (Å²) in [4.78, 5) is 2.24. The van der Waals surface area contributed by atoms with Crippen LogP contribution >= 0.6 is 0 Å². The zero-order chi connectivity index (χ0) is 9.97. The Kier molecular flexibility index (Phi) is 3.06. The lowest BCUT2D eigenvalue weighted by Crippen LogP contribution is -2.41. The molecule has 80 valence electrons. The van der Waals surface area contributed by atoms with Crippen molar-refractivity contribution in [2.75, 3.05) is 19.7 Å². The van der Waals surface area contributed by atoms with Crippen molar-refractivity contribution in [1.82, 2.24) is 4.90 Å². The second kappa shape index (κ2) is 4.30. The molecule has 0 spiro atoms. The highest BCUT2D eigenvalue weighted by Gasteiger charge is 2.31. The molecular weight excluding hydrogens is 176 g/mol. The van der Waals surface area contributed by atoms with Gasteiger partial charge in [0.25, 0.3) is 0 Å². The summed E-state index contributed by atoms with van der Waals surface area (Å²) in [6.07, 6.45) is 5.13. The molecule has 0 aromatic carbocycles. The van der Waals surface area contributed by atoms with E-state index < -0.39 is 0 Å². The van der Waals surface area contributed by atoms with Crippen LogP contribution < -0.4 is 0 Å². The zero-order valence-corrected chi connectivity index (χ0v) is 8.96. The molecule has 1 saturated carbocycles. The third-order valence-electron chi connectivity index (χ3n) is 3.15. The predicted octanol–water partition coefficient (Wildman–Crippen LogP) is 1.87. The van der Waals surface area contributed by atoms with Gasteiger partial charge in [-0.25, -0.2) is 0 Å². The number of hydrogen-bond acceptors (Lipinski definition) is 2. The highest BCUT2D eigenvalue weighted by Crippen LogP contribution is 2.32. The smallest absolute Gasteiger partial charge is 0.0989 e. The van der Waals surface area contributed by atoms with Gasteiger partial charge in [0.1, 0.15) is 0 Å². The van der Waals surface area contributed by atoms with Crippen LogP contribution in [-0.4, -0.2) is 36.5 Å². The summed E-state index contributed by atoms with van der Waals surface area (Å²) in [6.45, 7) is 4.93. The summed E-state index contributed by atoms with van der Waals surface area (Å²) in [5.74, 6) is 1.48.